The Balaban J connectivity index is 1.62. The van der Waals surface area contributed by atoms with Crippen molar-refractivity contribution < 1.29 is 4.79 Å². The van der Waals surface area contributed by atoms with Crippen LogP contribution in [0.2, 0.25) is 0 Å². The van der Waals surface area contributed by atoms with E-state index in [9.17, 15) is 4.79 Å². The molecule has 0 unspecified atom stereocenters. The van der Waals surface area contributed by atoms with E-state index in [0.29, 0.717) is 18.7 Å². The number of rotatable bonds is 4. The number of amides is 1. The van der Waals surface area contributed by atoms with E-state index in [1.165, 1.54) is 0 Å². The lowest BCUT2D eigenvalue weighted by Gasteiger charge is -2.16. The van der Waals surface area contributed by atoms with Crippen molar-refractivity contribution in [2.75, 3.05) is 30.7 Å². The first-order chi connectivity index (χ1) is 10.3. The van der Waals surface area contributed by atoms with Crippen molar-refractivity contribution in [3.05, 3.63) is 30.6 Å². The number of nitrogens with zero attached hydrogens (tertiary/aromatic N) is 2. The number of benzene rings is 1. The number of pyridine rings is 1. The summed E-state index contributed by atoms with van der Waals surface area (Å²) in [6.07, 6.45) is 6.30. The lowest BCUT2D eigenvalue weighted by molar-refractivity contribution is -0.129. The normalized spacial score (nSPS) is 14.6. The van der Waals surface area contributed by atoms with Gasteiger partial charge in [-0.2, -0.15) is 0 Å². The summed E-state index contributed by atoms with van der Waals surface area (Å²) in [6.45, 7) is 2.42. The van der Waals surface area contributed by atoms with E-state index in [2.05, 4.69) is 10.3 Å². The van der Waals surface area contributed by atoms with E-state index in [1.54, 1.807) is 12.4 Å². The van der Waals surface area contributed by atoms with Crippen LogP contribution < -0.4 is 11.1 Å². The molecule has 0 spiro atoms. The first-order valence-electron chi connectivity index (χ1n) is 7.39. The van der Waals surface area contributed by atoms with Gasteiger partial charge in [0.1, 0.15) is 0 Å². The van der Waals surface area contributed by atoms with Crippen LogP contribution in [0.5, 0.6) is 0 Å². The lowest BCUT2D eigenvalue weighted by atomic mass is 10.1. The second kappa shape index (κ2) is 5.99. The Morgan fingerprint density at radius 3 is 2.90 bits per heavy atom. The van der Waals surface area contributed by atoms with E-state index < -0.39 is 0 Å². The van der Waals surface area contributed by atoms with Crippen molar-refractivity contribution >= 4 is 28.1 Å². The Morgan fingerprint density at radius 2 is 2.10 bits per heavy atom. The van der Waals surface area contributed by atoms with Crippen LogP contribution in [0.25, 0.3) is 10.8 Å². The fourth-order valence-electron chi connectivity index (χ4n) is 2.78. The molecule has 1 aromatic heterocycles. The minimum atomic E-state index is 0.226. The van der Waals surface area contributed by atoms with Crippen LogP contribution in [-0.2, 0) is 4.79 Å². The fourth-order valence-corrected chi connectivity index (χ4v) is 2.78. The van der Waals surface area contributed by atoms with Gasteiger partial charge in [0.15, 0.2) is 0 Å². The van der Waals surface area contributed by atoms with Crippen LogP contribution in [0.3, 0.4) is 0 Å². The maximum Gasteiger partial charge on any atom is 0.224 e. The third-order valence-electron chi connectivity index (χ3n) is 3.97. The predicted molar refractivity (Wildman–Crippen MR) is 85.1 cm³/mol. The Hall–Kier alpha value is -2.30. The SMILES string of the molecule is Nc1c(NCCC(=O)N2CCCC2)ccc2cnccc12. The van der Waals surface area contributed by atoms with Crippen molar-refractivity contribution in [2.45, 2.75) is 19.3 Å². The number of aromatic nitrogens is 1. The second-order valence-electron chi connectivity index (χ2n) is 5.39. The van der Waals surface area contributed by atoms with E-state index in [4.69, 9.17) is 5.73 Å². The van der Waals surface area contributed by atoms with Gasteiger partial charge in [-0.15, -0.1) is 0 Å². The molecule has 0 bridgehead atoms. The molecule has 2 aromatic rings. The summed E-state index contributed by atoms with van der Waals surface area (Å²) in [7, 11) is 0. The van der Waals surface area contributed by atoms with Crippen molar-refractivity contribution in [2.24, 2.45) is 0 Å². The number of fused-ring (bicyclic) bond motifs is 1. The topological polar surface area (TPSA) is 71.2 Å². The maximum atomic E-state index is 12.0. The average molecular weight is 284 g/mol. The molecule has 3 N–H and O–H groups in total. The molecule has 0 saturated carbocycles. The quantitative estimate of drug-likeness (QED) is 0.845. The van der Waals surface area contributed by atoms with Gasteiger partial charge in [0.25, 0.3) is 0 Å². The fraction of sp³-hybridized carbons (Fsp3) is 0.375. The molecule has 5 heteroatoms. The molecular formula is C16H20N4O. The van der Waals surface area contributed by atoms with Gasteiger partial charge < -0.3 is 16.0 Å². The summed E-state index contributed by atoms with van der Waals surface area (Å²) >= 11 is 0. The van der Waals surface area contributed by atoms with Crippen LogP contribution in [-0.4, -0.2) is 35.4 Å². The van der Waals surface area contributed by atoms with Gasteiger partial charge in [-0.1, -0.05) is 6.07 Å². The van der Waals surface area contributed by atoms with Crippen LogP contribution >= 0.6 is 0 Å². The molecule has 1 aliphatic rings. The van der Waals surface area contributed by atoms with E-state index in [0.717, 1.165) is 42.4 Å². The molecule has 1 fully saturated rings. The molecule has 1 aromatic carbocycles. The first-order valence-corrected chi connectivity index (χ1v) is 7.39. The molecule has 110 valence electrons. The maximum absolute atomic E-state index is 12.0. The van der Waals surface area contributed by atoms with Gasteiger partial charge >= 0.3 is 0 Å². The highest BCUT2D eigenvalue weighted by Gasteiger charge is 2.17. The summed E-state index contributed by atoms with van der Waals surface area (Å²) < 4.78 is 0. The number of carbonyl (C=O) groups is 1. The summed E-state index contributed by atoms with van der Waals surface area (Å²) in [6, 6.07) is 5.84. The number of hydrogen-bond acceptors (Lipinski definition) is 4. The molecular weight excluding hydrogens is 264 g/mol. The van der Waals surface area contributed by atoms with E-state index >= 15 is 0 Å². The van der Waals surface area contributed by atoms with Crippen molar-refractivity contribution in [3.63, 3.8) is 0 Å². The van der Waals surface area contributed by atoms with Crippen LogP contribution in [0.15, 0.2) is 30.6 Å². The van der Waals surface area contributed by atoms with Crippen molar-refractivity contribution in [3.8, 4) is 0 Å². The van der Waals surface area contributed by atoms with Crippen LogP contribution in [0, 0.1) is 0 Å². The highest BCUT2D eigenvalue weighted by molar-refractivity contribution is 5.98. The number of carbonyl (C=O) groups excluding carboxylic acids is 1. The molecule has 2 heterocycles. The monoisotopic (exact) mass is 284 g/mol. The molecule has 1 saturated heterocycles. The third-order valence-corrected chi connectivity index (χ3v) is 3.97. The van der Waals surface area contributed by atoms with Crippen LogP contribution in [0.1, 0.15) is 19.3 Å². The number of nitrogen functional groups attached to an aromatic ring is 1. The number of likely N-dealkylation sites (tertiary alicyclic amines) is 1. The minimum Gasteiger partial charge on any atom is -0.397 e. The largest absolute Gasteiger partial charge is 0.397 e. The van der Waals surface area contributed by atoms with Gasteiger partial charge in [-0.05, 0) is 25.0 Å². The minimum absolute atomic E-state index is 0.226. The Kier molecular flexibility index (Phi) is 3.90. The highest BCUT2D eigenvalue weighted by Crippen LogP contribution is 2.27. The first kappa shape index (κ1) is 13.7. The summed E-state index contributed by atoms with van der Waals surface area (Å²) in [5.41, 5.74) is 7.76. The zero-order valence-electron chi connectivity index (χ0n) is 12.0. The molecule has 21 heavy (non-hydrogen) atoms. The standard InChI is InChI=1S/C16H20N4O/c17-16-13-5-7-18-11-12(13)3-4-14(16)19-8-6-15(21)20-9-1-2-10-20/h3-5,7,11,19H,1-2,6,8-10,17H2. The molecule has 5 nitrogen and oxygen atoms in total. The van der Waals surface area contributed by atoms with Crippen molar-refractivity contribution in [1.82, 2.24) is 9.88 Å². The molecule has 0 radical (unpaired) electrons. The Labute approximate surface area is 124 Å². The highest BCUT2D eigenvalue weighted by atomic mass is 16.2. The smallest absolute Gasteiger partial charge is 0.224 e. The number of anilines is 2. The van der Waals surface area contributed by atoms with Gasteiger partial charge in [0.2, 0.25) is 5.91 Å². The zero-order chi connectivity index (χ0) is 14.7. The van der Waals surface area contributed by atoms with E-state index in [-0.39, 0.29) is 5.91 Å². The zero-order valence-corrected chi connectivity index (χ0v) is 12.0. The lowest BCUT2D eigenvalue weighted by Crippen LogP contribution is -2.29. The number of hydrogen-bond donors (Lipinski definition) is 2. The van der Waals surface area contributed by atoms with Crippen molar-refractivity contribution in [1.29, 1.82) is 0 Å². The summed E-state index contributed by atoms with van der Waals surface area (Å²) in [5, 5.41) is 5.28. The van der Waals surface area contributed by atoms with E-state index in [1.807, 2.05) is 23.1 Å². The molecule has 1 amide bonds. The number of nitrogens with one attached hydrogen (secondary N) is 1. The van der Waals surface area contributed by atoms with Gasteiger partial charge in [0, 0.05) is 49.2 Å². The second-order valence-corrected chi connectivity index (χ2v) is 5.39. The van der Waals surface area contributed by atoms with Gasteiger partial charge in [-0.25, -0.2) is 0 Å². The predicted octanol–water partition coefficient (Wildman–Crippen LogP) is 2.24. The van der Waals surface area contributed by atoms with Gasteiger partial charge in [-0.3, -0.25) is 9.78 Å². The summed E-state index contributed by atoms with van der Waals surface area (Å²) in [4.78, 5) is 18.0. The number of nitrogens with two attached hydrogens (primary N) is 1. The molecule has 1 aliphatic heterocycles. The average Bonchev–Trinajstić information content (AvgIpc) is 3.04. The Bertz CT molecular complexity index is 650. The van der Waals surface area contributed by atoms with Crippen LogP contribution in [0.4, 0.5) is 11.4 Å². The third kappa shape index (κ3) is 2.91. The van der Waals surface area contributed by atoms with Gasteiger partial charge in [0.05, 0.1) is 11.4 Å². The Morgan fingerprint density at radius 1 is 1.29 bits per heavy atom. The molecule has 3 rings (SSSR count). The summed E-state index contributed by atoms with van der Waals surface area (Å²) in [5.74, 6) is 0.226. The molecule has 0 atom stereocenters. The molecule has 0 aliphatic carbocycles.